The molecule has 1 aliphatic rings. The molecule has 4 bridgehead atoms. The molecule has 0 saturated carbocycles. The van der Waals surface area contributed by atoms with Gasteiger partial charge in [-0.3, -0.25) is 4.98 Å². The number of rotatable bonds is 8. The van der Waals surface area contributed by atoms with Crippen LogP contribution >= 0.6 is 0 Å². The fourth-order valence-corrected chi connectivity index (χ4v) is 9.81. The standard InChI is InChI=1S/C66H54N2O5/c69-62-55-39-59(68-60(48-25-10-2-11-26-48)41-54(47-23-8-1-9-24-47)42-61(68)49-27-12-3-13-28-49)40-56(62)44-71-64(51-31-16-5-17-32-51)66(53-35-20-7-21-36-53)73-46-58-38-22-37-57(67-58)45-72-65(52-33-18-6-19-34-52)63(70-43-55)50-29-14-4-15-30-50/h1-42,63-66H,43-46H2/p+1. The van der Waals surface area contributed by atoms with Crippen LogP contribution in [0.4, 0.5) is 0 Å². The highest BCUT2D eigenvalue weighted by Gasteiger charge is 2.32. The average molecular weight is 956 g/mol. The number of aromatic hydroxyl groups is 1. The molecule has 358 valence electrons. The summed E-state index contributed by atoms with van der Waals surface area (Å²) in [7, 11) is 0. The van der Waals surface area contributed by atoms with Crippen molar-refractivity contribution in [2.75, 3.05) is 0 Å². The third-order valence-corrected chi connectivity index (χ3v) is 13.4. The number of phenols is 1. The molecule has 7 heteroatoms. The highest BCUT2D eigenvalue weighted by molar-refractivity contribution is 5.74. The Bertz CT molecular complexity index is 3170. The lowest BCUT2D eigenvalue weighted by Gasteiger charge is -2.30. The molecule has 0 spiro atoms. The summed E-state index contributed by atoms with van der Waals surface area (Å²) in [6.45, 7) is 0.495. The minimum atomic E-state index is -0.594. The minimum Gasteiger partial charge on any atom is -0.507 e. The summed E-state index contributed by atoms with van der Waals surface area (Å²) in [5, 5.41) is 12.8. The van der Waals surface area contributed by atoms with E-state index in [4.69, 9.17) is 23.9 Å². The summed E-state index contributed by atoms with van der Waals surface area (Å²) in [6.07, 6.45) is -2.30. The SMILES string of the molecule is Oc1c2cc(-[n+]3c(-c4ccccc4)cc(-c4ccccc4)cc3-c3ccccc3)cc1COC(c1ccccc1)C(c1ccccc1)OCc1cccc(n1)COC(c1ccccc1)C(c1ccccc1)OC2. The molecule has 73 heavy (non-hydrogen) atoms. The predicted octanol–water partition coefficient (Wildman–Crippen LogP) is 14.8. The summed E-state index contributed by atoms with van der Waals surface area (Å²) >= 11 is 0. The fourth-order valence-electron chi connectivity index (χ4n) is 9.81. The average Bonchev–Trinajstić information content (AvgIpc) is 3.46. The van der Waals surface area contributed by atoms with Crippen molar-refractivity contribution in [3.8, 4) is 45.1 Å². The van der Waals surface area contributed by atoms with E-state index in [1.807, 2.05) is 109 Å². The molecule has 1 N–H and O–H groups in total. The molecule has 0 radical (unpaired) electrons. The molecule has 0 fully saturated rings. The van der Waals surface area contributed by atoms with Gasteiger partial charge in [-0.1, -0.05) is 194 Å². The van der Waals surface area contributed by atoms with Crippen LogP contribution in [0.2, 0.25) is 0 Å². The van der Waals surface area contributed by atoms with Crippen LogP contribution in [0.25, 0.3) is 39.3 Å². The first-order valence-electron chi connectivity index (χ1n) is 24.9. The Morgan fingerprint density at radius 2 is 0.644 bits per heavy atom. The van der Waals surface area contributed by atoms with Gasteiger partial charge in [0.05, 0.1) is 37.8 Å². The first-order valence-corrected chi connectivity index (χ1v) is 24.9. The third kappa shape index (κ3) is 10.8. The Morgan fingerprint density at radius 1 is 0.329 bits per heavy atom. The van der Waals surface area contributed by atoms with Crippen LogP contribution in [0.3, 0.4) is 0 Å². The Hall–Kier alpha value is -8.30. The van der Waals surface area contributed by atoms with E-state index in [0.717, 1.165) is 73.0 Å². The summed E-state index contributed by atoms with van der Waals surface area (Å²) in [5.74, 6) is 0.0843. The van der Waals surface area contributed by atoms with Crippen LogP contribution in [0, 0.1) is 0 Å². The number of pyridine rings is 2. The molecule has 8 aromatic carbocycles. The maximum Gasteiger partial charge on any atom is 0.219 e. The van der Waals surface area contributed by atoms with Crippen molar-refractivity contribution in [3.05, 3.63) is 300 Å². The zero-order valence-corrected chi connectivity index (χ0v) is 40.4. The van der Waals surface area contributed by atoms with Crippen molar-refractivity contribution in [1.29, 1.82) is 0 Å². The molecular formula is C66H55N2O5+. The first kappa shape index (κ1) is 47.0. The van der Waals surface area contributed by atoms with Crippen LogP contribution in [-0.2, 0) is 45.4 Å². The number of phenolic OH excluding ortho intramolecular Hbond substituents is 1. The maximum atomic E-state index is 12.8. The zero-order valence-electron chi connectivity index (χ0n) is 40.4. The number of fused-ring (bicyclic) bond motifs is 4. The van der Waals surface area contributed by atoms with E-state index in [2.05, 4.69) is 150 Å². The van der Waals surface area contributed by atoms with Crippen molar-refractivity contribution >= 4 is 0 Å². The van der Waals surface area contributed by atoms with Crippen molar-refractivity contribution in [1.82, 2.24) is 4.98 Å². The molecule has 10 aromatic rings. The number of benzene rings is 8. The summed E-state index contributed by atoms with van der Waals surface area (Å²) in [6, 6.07) is 86.7. The minimum absolute atomic E-state index is 0.0362. The number of nitrogens with zero attached hydrogens (tertiary/aromatic N) is 2. The Kier molecular flexibility index (Phi) is 14.4. The van der Waals surface area contributed by atoms with Crippen LogP contribution in [0.5, 0.6) is 5.75 Å². The van der Waals surface area contributed by atoms with Gasteiger partial charge in [-0.2, -0.15) is 4.57 Å². The Balaban J connectivity index is 1.13. The van der Waals surface area contributed by atoms with Gasteiger partial charge in [-0.25, -0.2) is 0 Å². The number of ether oxygens (including phenoxy) is 4. The topological polar surface area (TPSA) is 73.9 Å². The number of aromatic nitrogens is 2. The first-order chi connectivity index (χ1) is 36.1. The lowest BCUT2D eigenvalue weighted by atomic mass is 9.97. The van der Waals surface area contributed by atoms with Crippen LogP contribution in [0.1, 0.15) is 69.2 Å². The fraction of sp³-hybridized carbons (Fsp3) is 0.121. The molecule has 0 aliphatic carbocycles. The Labute approximate surface area is 427 Å². The lowest BCUT2D eigenvalue weighted by Crippen LogP contribution is -2.37. The van der Waals surface area contributed by atoms with Gasteiger partial charge in [0.15, 0.2) is 0 Å². The van der Waals surface area contributed by atoms with Crippen LogP contribution in [0.15, 0.2) is 255 Å². The normalized spacial score (nSPS) is 17.5. The van der Waals surface area contributed by atoms with Gasteiger partial charge in [0, 0.05) is 46.5 Å². The monoisotopic (exact) mass is 955 g/mol. The van der Waals surface area contributed by atoms with Crippen molar-refractivity contribution in [3.63, 3.8) is 0 Å². The third-order valence-electron chi connectivity index (χ3n) is 13.4. The smallest absolute Gasteiger partial charge is 0.219 e. The van der Waals surface area contributed by atoms with E-state index in [-0.39, 0.29) is 32.2 Å². The molecule has 4 unspecified atom stereocenters. The van der Waals surface area contributed by atoms with E-state index in [0.29, 0.717) is 11.1 Å². The molecule has 1 aliphatic heterocycles. The number of hydrogen-bond donors (Lipinski definition) is 1. The lowest BCUT2D eigenvalue weighted by molar-refractivity contribution is -0.572. The second-order valence-electron chi connectivity index (χ2n) is 18.3. The van der Waals surface area contributed by atoms with Gasteiger partial charge in [0.2, 0.25) is 17.1 Å². The molecular weight excluding hydrogens is 901 g/mol. The quantitative estimate of drug-likeness (QED) is 0.153. The van der Waals surface area contributed by atoms with Gasteiger partial charge < -0.3 is 24.1 Å². The van der Waals surface area contributed by atoms with Gasteiger partial charge in [0.25, 0.3) is 0 Å². The second-order valence-corrected chi connectivity index (χ2v) is 18.3. The summed E-state index contributed by atoms with van der Waals surface area (Å²) < 4.78 is 30.7. The molecule has 0 amide bonds. The van der Waals surface area contributed by atoms with E-state index in [1.165, 1.54) is 0 Å². The van der Waals surface area contributed by atoms with E-state index in [9.17, 15) is 5.11 Å². The van der Waals surface area contributed by atoms with E-state index >= 15 is 0 Å². The number of hydrogen-bond acceptors (Lipinski definition) is 6. The molecule has 11 rings (SSSR count). The van der Waals surface area contributed by atoms with Gasteiger partial charge in [0.1, 0.15) is 30.2 Å². The second kappa shape index (κ2) is 22.4. The zero-order chi connectivity index (χ0) is 49.2. The summed E-state index contributed by atoms with van der Waals surface area (Å²) in [5.41, 5.74) is 13.4. The Morgan fingerprint density at radius 3 is 1.00 bits per heavy atom. The van der Waals surface area contributed by atoms with Crippen molar-refractivity contribution < 1.29 is 28.6 Å². The van der Waals surface area contributed by atoms with Crippen LogP contribution in [-0.4, -0.2) is 10.1 Å². The molecule has 2 aromatic heterocycles. The van der Waals surface area contributed by atoms with E-state index in [1.54, 1.807) is 0 Å². The van der Waals surface area contributed by atoms with Crippen molar-refractivity contribution in [2.24, 2.45) is 0 Å². The van der Waals surface area contributed by atoms with Crippen molar-refractivity contribution in [2.45, 2.75) is 50.8 Å². The van der Waals surface area contributed by atoms with Gasteiger partial charge >= 0.3 is 0 Å². The predicted molar refractivity (Wildman–Crippen MR) is 286 cm³/mol. The maximum absolute atomic E-state index is 12.8. The largest absolute Gasteiger partial charge is 0.507 e. The highest BCUT2D eigenvalue weighted by atomic mass is 16.5. The van der Waals surface area contributed by atoms with Crippen LogP contribution < -0.4 is 4.57 Å². The molecule has 7 nitrogen and oxygen atoms in total. The molecule has 3 heterocycles. The van der Waals surface area contributed by atoms with Gasteiger partial charge in [-0.05, 0) is 69.8 Å². The molecule has 4 atom stereocenters. The highest BCUT2D eigenvalue weighted by Crippen LogP contribution is 2.41. The summed E-state index contributed by atoms with van der Waals surface area (Å²) in [4.78, 5) is 5.07. The van der Waals surface area contributed by atoms with E-state index < -0.39 is 24.4 Å². The molecule has 0 saturated heterocycles. The van der Waals surface area contributed by atoms with Gasteiger partial charge in [-0.15, -0.1) is 0 Å².